The standard InChI is InChI=1S/C14H29N3O2/c1-4-6-15-13(14(18)19)5-7-16-8-10-17(11-9-16)12(2)3/h12-13,15H,4-11H2,1-3H3,(H,18,19). The minimum absolute atomic E-state index is 0.400. The van der Waals surface area contributed by atoms with E-state index in [9.17, 15) is 4.79 Å². The molecule has 0 amide bonds. The van der Waals surface area contributed by atoms with Gasteiger partial charge in [0.15, 0.2) is 0 Å². The molecule has 112 valence electrons. The first-order valence-corrected chi connectivity index (χ1v) is 7.47. The lowest BCUT2D eigenvalue weighted by Gasteiger charge is -2.37. The molecular formula is C14H29N3O2. The SMILES string of the molecule is CCCNC(CCN1CCN(C(C)C)CC1)C(=O)O. The number of nitrogens with zero attached hydrogens (tertiary/aromatic N) is 2. The van der Waals surface area contributed by atoms with Crippen LogP contribution in [0, 0.1) is 0 Å². The molecule has 0 aromatic rings. The van der Waals surface area contributed by atoms with E-state index < -0.39 is 12.0 Å². The molecule has 1 fully saturated rings. The molecule has 1 aliphatic rings. The van der Waals surface area contributed by atoms with E-state index in [1.807, 2.05) is 0 Å². The average molecular weight is 271 g/mol. The number of aliphatic carboxylic acids is 1. The number of nitrogens with one attached hydrogen (secondary N) is 1. The number of hydrogen-bond donors (Lipinski definition) is 2. The van der Waals surface area contributed by atoms with Crippen molar-refractivity contribution in [2.24, 2.45) is 0 Å². The summed E-state index contributed by atoms with van der Waals surface area (Å²) in [6.07, 6.45) is 1.66. The van der Waals surface area contributed by atoms with Gasteiger partial charge in [-0.2, -0.15) is 0 Å². The van der Waals surface area contributed by atoms with Gasteiger partial charge < -0.3 is 15.3 Å². The third-order valence-corrected chi connectivity index (χ3v) is 3.81. The topological polar surface area (TPSA) is 55.8 Å². The van der Waals surface area contributed by atoms with E-state index >= 15 is 0 Å². The highest BCUT2D eigenvalue weighted by atomic mass is 16.4. The highest BCUT2D eigenvalue weighted by Crippen LogP contribution is 2.07. The van der Waals surface area contributed by atoms with Gasteiger partial charge in [-0.25, -0.2) is 0 Å². The van der Waals surface area contributed by atoms with Gasteiger partial charge >= 0.3 is 5.97 Å². The molecule has 1 aliphatic heterocycles. The van der Waals surface area contributed by atoms with Crippen molar-refractivity contribution in [1.82, 2.24) is 15.1 Å². The summed E-state index contributed by atoms with van der Waals surface area (Å²) >= 11 is 0. The molecule has 0 aliphatic carbocycles. The van der Waals surface area contributed by atoms with Crippen LogP contribution < -0.4 is 5.32 Å². The summed E-state index contributed by atoms with van der Waals surface area (Å²) in [4.78, 5) is 16.0. The molecular weight excluding hydrogens is 242 g/mol. The maximum atomic E-state index is 11.1. The van der Waals surface area contributed by atoms with Crippen LogP contribution in [0.1, 0.15) is 33.6 Å². The average Bonchev–Trinajstić information content (AvgIpc) is 2.39. The zero-order valence-corrected chi connectivity index (χ0v) is 12.6. The molecule has 5 nitrogen and oxygen atoms in total. The van der Waals surface area contributed by atoms with Gasteiger partial charge in [-0.05, 0) is 33.2 Å². The number of carbonyl (C=O) groups is 1. The molecule has 0 aromatic heterocycles. The first kappa shape index (κ1) is 16.4. The van der Waals surface area contributed by atoms with Crippen molar-refractivity contribution in [3.05, 3.63) is 0 Å². The molecule has 2 N–H and O–H groups in total. The molecule has 0 aromatic carbocycles. The molecule has 19 heavy (non-hydrogen) atoms. The van der Waals surface area contributed by atoms with Crippen LogP contribution in [-0.4, -0.2) is 72.2 Å². The summed E-state index contributed by atoms with van der Waals surface area (Å²) in [6, 6.07) is 0.211. The quantitative estimate of drug-likeness (QED) is 0.685. The van der Waals surface area contributed by atoms with Crippen molar-refractivity contribution >= 4 is 5.97 Å². The smallest absolute Gasteiger partial charge is 0.320 e. The maximum Gasteiger partial charge on any atom is 0.320 e. The summed E-state index contributed by atoms with van der Waals surface area (Å²) in [5, 5.41) is 12.3. The first-order valence-electron chi connectivity index (χ1n) is 7.47. The minimum atomic E-state index is -0.728. The van der Waals surface area contributed by atoms with Crippen LogP contribution in [0.15, 0.2) is 0 Å². The van der Waals surface area contributed by atoms with E-state index in [2.05, 4.69) is 35.9 Å². The number of carboxylic acid groups (broad SMARTS) is 1. The lowest BCUT2D eigenvalue weighted by molar-refractivity contribution is -0.139. The van der Waals surface area contributed by atoms with Crippen LogP contribution in [0.2, 0.25) is 0 Å². The van der Waals surface area contributed by atoms with Crippen molar-refractivity contribution in [3.8, 4) is 0 Å². The number of piperazine rings is 1. The zero-order chi connectivity index (χ0) is 14.3. The van der Waals surface area contributed by atoms with Crippen molar-refractivity contribution in [3.63, 3.8) is 0 Å². The van der Waals surface area contributed by atoms with E-state index in [0.29, 0.717) is 12.5 Å². The number of carboxylic acids is 1. The Morgan fingerprint density at radius 3 is 2.37 bits per heavy atom. The van der Waals surface area contributed by atoms with Crippen LogP contribution in [0.5, 0.6) is 0 Å². The van der Waals surface area contributed by atoms with Crippen molar-refractivity contribution < 1.29 is 9.90 Å². The van der Waals surface area contributed by atoms with Crippen LogP contribution in [0.4, 0.5) is 0 Å². The second kappa shape index (κ2) is 8.51. The Morgan fingerprint density at radius 1 is 1.26 bits per heavy atom. The van der Waals surface area contributed by atoms with Gasteiger partial charge in [-0.15, -0.1) is 0 Å². The lowest BCUT2D eigenvalue weighted by Crippen LogP contribution is -2.50. The summed E-state index contributed by atoms with van der Waals surface area (Å²) in [5.41, 5.74) is 0. The van der Waals surface area contributed by atoms with Crippen LogP contribution >= 0.6 is 0 Å². The molecule has 0 saturated carbocycles. The normalized spacial score (nSPS) is 19.8. The Balaban J connectivity index is 2.26. The molecule has 0 radical (unpaired) electrons. The maximum absolute atomic E-state index is 11.1. The fourth-order valence-electron chi connectivity index (χ4n) is 2.45. The molecule has 1 saturated heterocycles. The molecule has 1 unspecified atom stereocenters. The van der Waals surface area contributed by atoms with Gasteiger partial charge in [0.25, 0.3) is 0 Å². The van der Waals surface area contributed by atoms with E-state index in [-0.39, 0.29) is 0 Å². The molecule has 1 heterocycles. The molecule has 0 bridgehead atoms. The number of hydrogen-bond acceptors (Lipinski definition) is 4. The van der Waals surface area contributed by atoms with E-state index in [0.717, 1.165) is 45.7 Å². The highest BCUT2D eigenvalue weighted by molar-refractivity contribution is 5.73. The van der Waals surface area contributed by atoms with Crippen LogP contribution in [-0.2, 0) is 4.79 Å². The molecule has 5 heteroatoms. The molecule has 0 spiro atoms. The molecule has 1 rings (SSSR count). The monoisotopic (exact) mass is 271 g/mol. The Bertz CT molecular complexity index is 263. The Labute approximate surface area is 117 Å². The third kappa shape index (κ3) is 5.89. The van der Waals surface area contributed by atoms with E-state index in [1.54, 1.807) is 0 Å². The fraction of sp³-hybridized carbons (Fsp3) is 0.929. The van der Waals surface area contributed by atoms with Crippen molar-refractivity contribution in [2.45, 2.75) is 45.7 Å². The highest BCUT2D eigenvalue weighted by Gasteiger charge is 2.21. The van der Waals surface area contributed by atoms with Crippen molar-refractivity contribution in [2.75, 3.05) is 39.3 Å². The summed E-state index contributed by atoms with van der Waals surface area (Å²) in [7, 11) is 0. The predicted molar refractivity (Wildman–Crippen MR) is 77.5 cm³/mol. The van der Waals surface area contributed by atoms with E-state index in [1.165, 1.54) is 0 Å². The van der Waals surface area contributed by atoms with Crippen LogP contribution in [0.3, 0.4) is 0 Å². The summed E-state index contributed by atoms with van der Waals surface area (Å²) in [6.45, 7) is 12.5. The lowest BCUT2D eigenvalue weighted by atomic mass is 10.1. The van der Waals surface area contributed by atoms with Gasteiger partial charge in [0.1, 0.15) is 6.04 Å². The van der Waals surface area contributed by atoms with Gasteiger partial charge in [0.2, 0.25) is 0 Å². The predicted octanol–water partition coefficient (Wildman–Crippen LogP) is 0.855. The summed E-state index contributed by atoms with van der Waals surface area (Å²) < 4.78 is 0. The summed E-state index contributed by atoms with van der Waals surface area (Å²) in [5.74, 6) is -0.728. The van der Waals surface area contributed by atoms with Gasteiger partial charge in [0, 0.05) is 38.8 Å². The minimum Gasteiger partial charge on any atom is -0.480 e. The molecule has 1 atom stereocenters. The van der Waals surface area contributed by atoms with Gasteiger partial charge in [0.05, 0.1) is 0 Å². The Hall–Kier alpha value is -0.650. The largest absolute Gasteiger partial charge is 0.480 e. The second-order valence-corrected chi connectivity index (χ2v) is 5.60. The van der Waals surface area contributed by atoms with E-state index in [4.69, 9.17) is 5.11 Å². The number of rotatable bonds is 8. The van der Waals surface area contributed by atoms with Gasteiger partial charge in [-0.3, -0.25) is 9.69 Å². The first-order chi connectivity index (χ1) is 9.04. The fourth-order valence-corrected chi connectivity index (χ4v) is 2.45. The Morgan fingerprint density at radius 2 is 1.89 bits per heavy atom. The second-order valence-electron chi connectivity index (χ2n) is 5.60. The van der Waals surface area contributed by atoms with Gasteiger partial charge in [-0.1, -0.05) is 6.92 Å². The third-order valence-electron chi connectivity index (χ3n) is 3.81. The van der Waals surface area contributed by atoms with Crippen molar-refractivity contribution in [1.29, 1.82) is 0 Å². The zero-order valence-electron chi connectivity index (χ0n) is 12.6. The Kier molecular flexibility index (Phi) is 7.34. The van der Waals surface area contributed by atoms with Crippen LogP contribution in [0.25, 0.3) is 0 Å².